The van der Waals surface area contributed by atoms with Crippen molar-refractivity contribution in [1.29, 1.82) is 0 Å². The minimum absolute atomic E-state index is 0.196. The Labute approximate surface area is 117 Å². The summed E-state index contributed by atoms with van der Waals surface area (Å²) in [6, 6.07) is 0.720. The van der Waals surface area contributed by atoms with Gasteiger partial charge in [0.1, 0.15) is 0 Å². The Morgan fingerprint density at radius 1 is 1.16 bits per heavy atom. The lowest BCUT2D eigenvalue weighted by Crippen LogP contribution is -2.47. The number of nitrogens with zero attached hydrogens (tertiary/aromatic N) is 1. The van der Waals surface area contributed by atoms with Gasteiger partial charge in [-0.2, -0.15) is 0 Å². The summed E-state index contributed by atoms with van der Waals surface area (Å²) < 4.78 is 0. The quantitative estimate of drug-likeness (QED) is 0.811. The van der Waals surface area contributed by atoms with Gasteiger partial charge in [-0.1, -0.05) is 13.8 Å². The molecule has 0 aromatic heterocycles. The molecule has 2 atom stereocenters. The van der Waals surface area contributed by atoms with Gasteiger partial charge >= 0.3 is 0 Å². The van der Waals surface area contributed by atoms with Crippen LogP contribution in [0, 0.1) is 11.8 Å². The molecule has 0 radical (unpaired) electrons. The molecule has 2 fully saturated rings. The highest BCUT2D eigenvalue weighted by Crippen LogP contribution is 2.28. The molecule has 2 rings (SSSR count). The molecule has 19 heavy (non-hydrogen) atoms. The van der Waals surface area contributed by atoms with Crippen LogP contribution in [0.3, 0.4) is 0 Å². The third-order valence-electron chi connectivity index (χ3n) is 4.54. The van der Waals surface area contributed by atoms with Gasteiger partial charge < -0.3 is 11.1 Å². The van der Waals surface area contributed by atoms with E-state index in [1.807, 2.05) is 0 Å². The van der Waals surface area contributed by atoms with E-state index in [-0.39, 0.29) is 5.91 Å². The lowest BCUT2D eigenvalue weighted by molar-refractivity contribution is -0.123. The van der Waals surface area contributed by atoms with Crippen LogP contribution in [0.1, 0.15) is 46.0 Å². The zero-order valence-electron chi connectivity index (χ0n) is 12.4. The molecule has 110 valence electrons. The highest BCUT2D eigenvalue weighted by Gasteiger charge is 2.26. The molecule has 1 aliphatic carbocycles. The van der Waals surface area contributed by atoms with Crippen LogP contribution in [-0.2, 0) is 4.79 Å². The number of nitrogens with two attached hydrogens (primary N) is 1. The van der Waals surface area contributed by atoms with E-state index in [4.69, 9.17) is 5.73 Å². The van der Waals surface area contributed by atoms with Crippen molar-refractivity contribution < 1.29 is 4.79 Å². The van der Waals surface area contributed by atoms with Crippen LogP contribution < -0.4 is 11.1 Å². The SMILES string of the molecule is CC1CC(C)CC(NC(=O)CN2CCC(N)CC2)C1. The molecular formula is C15H29N3O. The minimum Gasteiger partial charge on any atom is -0.352 e. The molecule has 0 aromatic carbocycles. The van der Waals surface area contributed by atoms with Crippen molar-refractivity contribution >= 4 is 5.91 Å². The van der Waals surface area contributed by atoms with Crippen LogP contribution in [-0.4, -0.2) is 42.5 Å². The van der Waals surface area contributed by atoms with Crippen LogP contribution in [0.25, 0.3) is 0 Å². The molecule has 1 aliphatic heterocycles. The number of amides is 1. The van der Waals surface area contributed by atoms with Crippen LogP contribution in [0.4, 0.5) is 0 Å². The van der Waals surface area contributed by atoms with Gasteiger partial charge in [-0.15, -0.1) is 0 Å². The van der Waals surface area contributed by atoms with Crippen LogP contribution in [0.15, 0.2) is 0 Å². The number of carbonyl (C=O) groups is 1. The third-order valence-corrected chi connectivity index (χ3v) is 4.54. The van der Waals surface area contributed by atoms with Gasteiger partial charge in [0.05, 0.1) is 6.54 Å². The van der Waals surface area contributed by atoms with E-state index in [1.165, 1.54) is 6.42 Å². The Bertz CT molecular complexity index is 290. The van der Waals surface area contributed by atoms with E-state index in [0.29, 0.717) is 18.6 Å². The molecular weight excluding hydrogens is 238 g/mol. The van der Waals surface area contributed by atoms with E-state index in [9.17, 15) is 4.79 Å². The van der Waals surface area contributed by atoms with Crippen molar-refractivity contribution in [3.63, 3.8) is 0 Å². The first-order valence-electron chi connectivity index (χ1n) is 7.80. The number of likely N-dealkylation sites (tertiary alicyclic amines) is 1. The molecule has 1 amide bonds. The fourth-order valence-electron chi connectivity index (χ4n) is 3.65. The maximum Gasteiger partial charge on any atom is 0.234 e. The van der Waals surface area contributed by atoms with E-state index in [2.05, 4.69) is 24.1 Å². The van der Waals surface area contributed by atoms with Crippen molar-refractivity contribution in [3.05, 3.63) is 0 Å². The molecule has 2 unspecified atom stereocenters. The van der Waals surface area contributed by atoms with Gasteiger partial charge in [0.25, 0.3) is 0 Å². The molecule has 1 saturated carbocycles. The lowest BCUT2D eigenvalue weighted by atomic mass is 9.80. The number of rotatable bonds is 3. The first-order valence-corrected chi connectivity index (χ1v) is 7.80. The summed E-state index contributed by atoms with van der Waals surface area (Å²) in [6.45, 7) is 7.06. The summed E-state index contributed by atoms with van der Waals surface area (Å²) in [5.41, 5.74) is 5.88. The molecule has 0 bridgehead atoms. The van der Waals surface area contributed by atoms with Gasteiger partial charge in [0.2, 0.25) is 5.91 Å². The number of hydrogen-bond acceptors (Lipinski definition) is 3. The van der Waals surface area contributed by atoms with Gasteiger partial charge in [-0.25, -0.2) is 0 Å². The summed E-state index contributed by atoms with van der Waals surface area (Å²) in [6.07, 6.45) is 5.62. The zero-order chi connectivity index (χ0) is 13.8. The number of hydrogen-bond donors (Lipinski definition) is 2. The summed E-state index contributed by atoms with van der Waals surface area (Å²) in [5, 5.41) is 3.23. The third kappa shape index (κ3) is 4.77. The molecule has 0 spiro atoms. The second-order valence-electron chi connectivity index (χ2n) is 6.80. The predicted molar refractivity (Wildman–Crippen MR) is 77.8 cm³/mol. The van der Waals surface area contributed by atoms with Crippen LogP contribution in [0.2, 0.25) is 0 Å². The Balaban J connectivity index is 1.72. The van der Waals surface area contributed by atoms with E-state index in [0.717, 1.165) is 50.6 Å². The van der Waals surface area contributed by atoms with Crippen molar-refractivity contribution in [3.8, 4) is 0 Å². The van der Waals surface area contributed by atoms with E-state index < -0.39 is 0 Å². The largest absolute Gasteiger partial charge is 0.352 e. The number of nitrogens with one attached hydrogen (secondary N) is 1. The van der Waals surface area contributed by atoms with Gasteiger partial charge in [-0.05, 0) is 43.9 Å². The average Bonchev–Trinajstić information content (AvgIpc) is 2.30. The Hall–Kier alpha value is -0.610. The molecule has 4 nitrogen and oxygen atoms in total. The van der Waals surface area contributed by atoms with Crippen LogP contribution in [0.5, 0.6) is 0 Å². The minimum atomic E-state index is 0.196. The molecule has 2 aliphatic rings. The molecule has 4 heteroatoms. The smallest absolute Gasteiger partial charge is 0.234 e. The van der Waals surface area contributed by atoms with Crippen molar-refractivity contribution in [2.24, 2.45) is 17.6 Å². The summed E-state index contributed by atoms with van der Waals surface area (Å²) in [7, 11) is 0. The molecule has 1 saturated heterocycles. The zero-order valence-corrected chi connectivity index (χ0v) is 12.4. The molecule has 0 aromatic rings. The Kier molecular flexibility index (Phi) is 5.22. The molecule has 3 N–H and O–H groups in total. The van der Waals surface area contributed by atoms with E-state index >= 15 is 0 Å². The Morgan fingerprint density at radius 2 is 1.74 bits per heavy atom. The van der Waals surface area contributed by atoms with Crippen molar-refractivity contribution in [1.82, 2.24) is 10.2 Å². The van der Waals surface area contributed by atoms with Crippen LogP contribution >= 0.6 is 0 Å². The van der Waals surface area contributed by atoms with Gasteiger partial charge in [0.15, 0.2) is 0 Å². The van der Waals surface area contributed by atoms with Gasteiger partial charge in [-0.3, -0.25) is 9.69 Å². The lowest BCUT2D eigenvalue weighted by Gasteiger charge is -2.33. The summed E-state index contributed by atoms with van der Waals surface area (Å²) in [4.78, 5) is 14.3. The number of carbonyl (C=O) groups excluding carboxylic acids is 1. The summed E-state index contributed by atoms with van der Waals surface area (Å²) in [5.74, 6) is 1.67. The Morgan fingerprint density at radius 3 is 2.32 bits per heavy atom. The number of piperidine rings is 1. The summed E-state index contributed by atoms with van der Waals surface area (Å²) >= 11 is 0. The predicted octanol–water partition coefficient (Wildman–Crippen LogP) is 1.35. The highest BCUT2D eigenvalue weighted by molar-refractivity contribution is 5.78. The second-order valence-corrected chi connectivity index (χ2v) is 6.80. The first-order chi connectivity index (χ1) is 9.02. The normalized spacial score (nSPS) is 34.2. The highest BCUT2D eigenvalue weighted by atomic mass is 16.2. The monoisotopic (exact) mass is 267 g/mol. The topological polar surface area (TPSA) is 58.4 Å². The molecule has 1 heterocycles. The van der Waals surface area contributed by atoms with E-state index in [1.54, 1.807) is 0 Å². The van der Waals surface area contributed by atoms with Crippen molar-refractivity contribution in [2.75, 3.05) is 19.6 Å². The van der Waals surface area contributed by atoms with Crippen molar-refractivity contribution in [2.45, 2.75) is 58.0 Å². The fourth-order valence-corrected chi connectivity index (χ4v) is 3.65. The fraction of sp³-hybridized carbons (Fsp3) is 0.933. The van der Waals surface area contributed by atoms with Gasteiger partial charge in [0, 0.05) is 25.2 Å². The average molecular weight is 267 g/mol. The standard InChI is InChI=1S/C15H29N3O/c1-11-7-12(2)9-14(8-11)17-15(19)10-18-5-3-13(16)4-6-18/h11-14H,3-10,16H2,1-2H3,(H,17,19). The second kappa shape index (κ2) is 6.71. The first kappa shape index (κ1) is 14.8. The maximum atomic E-state index is 12.1. The maximum absolute atomic E-state index is 12.1.